The van der Waals surface area contributed by atoms with E-state index in [2.05, 4.69) is 27.4 Å². The topological polar surface area (TPSA) is 68.8 Å². The van der Waals surface area contributed by atoms with E-state index in [1.165, 1.54) is 12.8 Å². The Bertz CT molecular complexity index is 557. The van der Waals surface area contributed by atoms with Gasteiger partial charge in [0.05, 0.1) is 12.5 Å². The Morgan fingerprint density at radius 3 is 3.00 bits per heavy atom. The third-order valence-corrected chi connectivity index (χ3v) is 3.76. The molecule has 1 atom stereocenters. The molecule has 0 aromatic carbocycles. The van der Waals surface area contributed by atoms with Crippen LogP contribution in [-0.4, -0.2) is 32.3 Å². The van der Waals surface area contributed by atoms with E-state index in [0.29, 0.717) is 17.8 Å². The Morgan fingerprint density at radius 1 is 1.50 bits per heavy atom. The largest absolute Gasteiger partial charge is 0.339 e. The molecule has 1 aliphatic rings. The van der Waals surface area contributed by atoms with Crippen molar-refractivity contribution in [2.45, 2.75) is 38.6 Å². The van der Waals surface area contributed by atoms with Crippen molar-refractivity contribution in [3.05, 3.63) is 18.4 Å². The molecule has 1 fully saturated rings. The van der Waals surface area contributed by atoms with Crippen molar-refractivity contribution in [2.75, 3.05) is 6.54 Å². The van der Waals surface area contributed by atoms with Gasteiger partial charge in [0.1, 0.15) is 5.69 Å². The Balaban J connectivity index is 1.68. The molecular formula is C14H21N5O. The first-order valence-corrected chi connectivity index (χ1v) is 7.30. The number of aromatic nitrogens is 4. The second-order valence-electron chi connectivity index (χ2n) is 5.50. The summed E-state index contributed by atoms with van der Waals surface area (Å²) < 4.78 is 7.28. The molecule has 2 aromatic rings. The lowest BCUT2D eigenvalue weighted by atomic mass is 10.1. The fourth-order valence-corrected chi connectivity index (χ4v) is 2.44. The van der Waals surface area contributed by atoms with Crippen LogP contribution in [0, 0.1) is 5.92 Å². The van der Waals surface area contributed by atoms with Crippen LogP contribution in [0.5, 0.6) is 0 Å². The van der Waals surface area contributed by atoms with Gasteiger partial charge >= 0.3 is 0 Å². The summed E-state index contributed by atoms with van der Waals surface area (Å²) in [6, 6.07) is 0.467. The molecule has 108 valence electrons. The van der Waals surface area contributed by atoms with Crippen LogP contribution in [0.15, 0.2) is 17.0 Å². The van der Waals surface area contributed by atoms with Crippen molar-refractivity contribution >= 4 is 0 Å². The fraction of sp³-hybridized carbons (Fsp3) is 0.643. The molecule has 2 heterocycles. The van der Waals surface area contributed by atoms with Gasteiger partial charge in [-0.25, -0.2) is 4.98 Å². The summed E-state index contributed by atoms with van der Waals surface area (Å²) in [5.74, 6) is 2.10. The molecule has 1 aliphatic carbocycles. The molecule has 1 unspecified atom stereocenters. The number of aryl methyl sites for hydroxylation is 1. The average molecular weight is 275 g/mol. The summed E-state index contributed by atoms with van der Waals surface area (Å²) in [5, 5.41) is 7.65. The van der Waals surface area contributed by atoms with Crippen molar-refractivity contribution in [2.24, 2.45) is 13.0 Å². The second kappa shape index (κ2) is 5.75. The van der Waals surface area contributed by atoms with E-state index >= 15 is 0 Å². The van der Waals surface area contributed by atoms with Crippen LogP contribution in [-0.2, 0) is 13.5 Å². The van der Waals surface area contributed by atoms with Crippen molar-refractivity contribution in [1.29, 1.82) is 0 Å². The Labute approximate surface area is 118 Å². The summed E-state index contributed by atoms with van der Waals surface area (Å²) in [6.07, 6.45) is 8.07. The molecular weight excluding hydrogens is 254 g/mol. The number of rotatable bonds is 7. The zero-order valence-electron chi connectivity index (χ0n) is 12.0. The SMILES string of the molecule is CCCNC(Cc1nc(-c2cncn2C)no1)C1CC1. The highest BCUT2D eigenvalue weighted by molar-refractivity contribution is 5.47. The molecule has 20 heavy (non-hydrogen) atoms. The lowest BCUT2D eigenvalue weighted by Crippen LogP contribution is -2.33. The Morgan fingerprint density at radius 2 is 2.35 bits per heavy atom. The van der Waals surface area contributed by atoms with Gasteiger partial charge < -0.3 is 14.4 Å². The maximum absolute atomic E-state index is 5.39. The molecule has 1 N–H and O–H groups in total. The lowest BCUT2D eigenvalue weighted by Gasteiger charge is -2.15. The maximum atomic E-state index is 5.39. The van der Waals surface area contributed by atoms with Gasteiger partial charge in [-0.1, -0.05) is 12.1 Å². The summed E-state index contributed by atoms with van der Waals surface area (Å²) in [4.78, 5) is 8.57. The van der Waals surface area contributed by atoms with E-state index in [-0.39, 0.29) is 0 Å². The van der Waals surface area contributed by atoms with Crippen molar-refractivity contribution < 1.29 is 4.52 Å². The fourth-order valence-electron chi connectivity index (χ4n) is 2.44. The van der Waals surface area contributed by atoms with Crippen LogP contribution in [0.3, 0.4) is 0 Å². The van der Waals surface area contributed by atoms with Gasteiger partial charge in [0, 0.05) is 19.5 Å². The predicted octanol–water partition coefficient (Wildman–Crippen LogP) is 1.79. The highest BCUT2D eigenvalue weighted by Crippen LogP contribution is 2.34. The standard InChI is InChI=1S/C14H21N5O/c1-3-6-16-11(10-4-5-10)7-13-17-14(18-20-13)12-8-15-9-19(12)2/h8-11,16H,3-7H2,1-2H3. The quantitative estimate of drug-likeness (QED) is 0.834. The first-order chi connectivity index (χ1) is 9.78. The van der Waals surface area contributed by atoms with Crippen LogP contribution in [0.25, 0.3) is 11.5 Å². The summed E-state index contributed by atoms with van der Waals surface area (Å²) in [6.45, 7) is 3.23. The molecule has 0 radical (unpaired) electrons. The number of hydrogen-bond acceptors (Lipinski definition) is 5. The van der Waals surface area contributed by atoms with Crippen LogP contribution in [0.1, 0.15) is 32.1 Å². The second-order valence-corrected chi connectivity index (χ2v) is 5.50. The molecule has 0 amide bonds. The number of imidazole rings is 1. The molecule has 0 bridgehead atoms. The van der Waals surface area contributed by atoms with Gasteiger partial charge in [-0.3, -0.25) is 0 Å². The number of hydrogen-bond donors (Lipinski definition) is 1. The molecule has 0 spiro atoms. The van der Waals surface area contributed by atoms with E-state index in [0.717, 1.165) is 31.0 Å². The first-order valence-electron chi connectivity index (χ1n) is 7.30. The highest BCUT2D eigenvalue weighted by Gasteiger charge is 2.32. The molecule has 6 heteroatoms. The zero-order chi connectivity index (χ0) is 13.9. The third-order valence-electron chi connectivity index (χ3n) is 3.76. The van der Waals surface area contributed by atoms with E-state index < -0.39 is 0 Å². The van der Waals surface area contributed by atoms with E-state index in [1.807, 2.05) is 11.6 Å². The van der Waals surface area contributed by atoms with Gasteiger partial charge in [-0.2, -0.15) is 4.98 Å². The van der Waals surface area contributed by atoms with Crippen molar-refractivity contribution in [3.8, 4) is 11.5 Å². The summed E-state index contributed by atoms with van der Waals surface area (Å²) in [5.41, 5.74) is 0.879. The van der Waals surface area contributed by atoms with Crippen molar-refractivity contribution in [3.63, 3.8) is 0 Å². The maximum Gasteiger partial charge on any atom is 0.228 e. The van der Waals surface area contributed by atoms with Crippen LogP contribution in [0.2, 0.25) is 0 Å². The smallest absolute Gasteiger partial charge is 0.228 e. The van der Waals surface area contributed by atoms with Crippen LogP contribution >= 0.6 is 0 Å². The van der Waals surface area contributed by atoms with E-state index in [9.17, 15) is 0 Å². The normalized spacial score (nSPS) is 16.5. The van der Waals surface area contributed by atoms with Gasteiger partial charge in [0.2, 0.25) is 11.7 Å². The summed E-state index contributed by atoms with van der Waals surface area (Å²) in [7, 11) is 1.92. The lowest BCUT2D eigenvalue weighted by molar-refractivity contribution is 0.346. The third kappa shape index (κ3) is 2.90. The van der Waals surface area contributed by atoms with Crippen LogP contribution in [0.4, 0.5) is 0 Å². The van der Waals surface area contributed by atoms with Gasteiger partial charge in [0.25, 0.3) is 0 Å². The minimum atomic E-state index is 0.467. The summed E-state index contributed by atoms with van der Waals surface area (Å²) >= 11 is 0. The van der Waals surface area contributed by atoms with Gasteiger partial charge in [0.15, 0.2) is 0 Å². The predicted molar refractivity (Wildman–Crippen MR) is 75.0 cm³/mol. The molecule has 0 aliphatic heterocycles. The molecule has 0 saturated heterocycles. The zero-order valence-corrected chi connectivity index (χ0v) is 12.0. The number of nitrogens with zero attached hydrogens (tertiary/aromatic N) is 4. The minimum absolute atomic E-state index is 0.467. The van der Waals surface area contributed by atoms with Gasteiger partial charge in [-0.05, 0) is 31.7 Å². The van der Waals surface area contributed by atoms with E-state index in [1.54, 1.807) is 12.5 Å². The molecule has 3 rings (SSSR count). The first kappa shape index (κ1) is 13.3. The highest BCUT2D eigenvalue weighted by atomic mass is 16.5. The molecule has 2 aromatic heterocycles. The minimum Gasteiger partial charge on any atom is -0.339 e. The van der Waals surface area contributed by atoms with E-state index in [4.69, 9.17) is 4.52 Å². The number of nitrogens with one attached hydrogen (secondary N) is 1. The Hall–Kier alpha value is -1.69. The van der Waals surface area contributed by atoms with Gasteiger partial charge in [-0.15, -0.1) is 0 Å². The van der Waals surface area contributed by atoms with Crippen LogP contribution < -0.4 is 5.32 Å². The Kier molecular flexibility index (Phi) is 3.82. The molecule has 6 nitrogen and oxygen atoms in total. The average Bonchev–Trinajstić information content (AvgIpc) is 3.04. The molecule has 1 saturated carbocycles. The monoisotopic (exact) mass is 275 g/mol. The van der Waals surface area contributed by atoms with Crippen molar-refractivity contribution in [1.82, 2.24) is 25.0 Å².